The van der Waals surface area contributed by atoms with E-state index in [1.54, 1.807) is 18.2 Å². The van der Waals surface area contributed by atoms with Crippen molar-refractivity contribution in [2.45, 2.75) is 77.2 Å². The first-order valence-electron chi connectivity index (χ1n) is 13.6. The lowest BCUT2D eigenvalue weighted by molar-refractivity contribution is -0.0412. The first kappa shape index (κ1) is 23.7. The maximum atomic E-state index is 14.8. The highest BCUT2D eigenvalue weighted by atomic mass is 19.1. The van der Waals surface area contributed by atoms with Crippen LogP contribution in [0, 0.1) is 45.7 Å². The molecule has 3 saturated carbocycles. The Bertz CT molecular complexity index is 1280. The standard InChI is InChI=1S/C31H36FN3O/c1-30-13-11-19(36)15-18(30)7-8-21-24-9-10-26(31(24,2)14-12-25(21)30)28-16-22(23(17-33)29(34)35-28)20-5-3-4-6-27(20)32/h3-7,16,19,21,24-26,36H,8-15H2,1-2H3,(H2,34,35)/t19-,21-,24-,25-,26+,30-,31-/m0/s1. The van der Waals surface area contributed by atoms with E-state index in [4.69, 9.17) is 10.7 Å². The van der Waals surface area contributed by atoms with Gasteiger partial charge in [0, 0.05) is 22.7 Å². The monoisotopic (exact) mass is 485 g/mol. The number of benzene rings is 1. The molecule has 1 aromatic heterocycles. The summed E-state index contributed by atoms with van der Waals surface area (Å²) in [6.07, 6.45) is 10.8. The van der Waals surface area contributed by atoms with Gasteiger partial charge in [0.25, 0.3) is 0 Å². The minimum atomic E-state index is -0.350. The van der Waals surface area contributed by atoms with Crippen LogP contribution >= 0.6 is 0 Å². The summed E-state index contributed by atoms with van der Waals surface area (Å²) in [6.45, 7) is 4.90. The van der Waals surface area contributed by atoms with Crippen LogP contribution in [-0.2, 0) is 0 Å². The van der Waals surface area contributed by atoms with Gasteiger partial charge in [0.05, 0.1) is 6.10 Å². The minimum absolute atomic E-state index is 0.108. The molecule has 1 aromatic carbocycles. The van der Waals surface area contributed by atoms with Crippen LogP contribution < -0.4 is 5.73 Å². The molecule has 0 spiro atoms. The summed E-state index contributed by atoms with van der Waals surface area (Å²) in [5.41, 5.74) is 10.3. The van der Waals surface area contributed by atoms with Crippen molar-refractivity contribution in [3.05, 3.63) is 59.1 Å². The van der Waals surface area contributed by atoms with E-state index < -0.39 is 0 Å². The maximum Gasteiger partial charge on any atom is 0.142 e. The number of nitrogens with zero attached hydrogens (tertiary/aromatic N) is 2. The van der Waals surface area contributed by atoms with Crippen LogP contribution in [0.2, 0.25) is 0 Å². The largest absolute Gasteiger partial charge is 0.393 e. The number of nitrogen functional groups attached to an aromatic ring is 1. The van der Waals surface area contributed by atoms with E-state index in [1.807, 2.05) is 6.07 Å². The minimum Gasteiger partial charge on any atom is -0.393 e. The number of rotatable bonds is 2. The number of hydrogen-bond donors (Lipinski definition) is 2. The molecular formula is C31H36FN3O. The van der Waals surface area contributed by atoms with Crippen LogP contribution in [0.5, 0.6) is 0 Å². The molecule has 3 N–H and O–H groups in total. The molecule has 7 atom stereocenters. The molecule has 4 aliphatic carbocycles. The Kier molecular flexibility index (Phi) is 5.53. The number of nitrogens with two attached hydrogens (primary N) is 1. The predicted octanol–water partition coefficient (Wildman–Crippen LogP) is 6.75. The van der Waals surface area contributed by atoms with Gasteiger partial charge in [0.2, 0.25) is 0 Å². The van der Waals surface area contributed by atoms with Crippen molar-refractivity contribution in [1.29, 1.82) is 5.26 Å². The Morgan fingerprint density at radius 1 is 1.08 bits per heavy atom. The van der Waals surface area contributed by atoms with Gasteiger partial charge in [-0.05, 0) is 92.1 Å². The molecule has 5 heteroatoms. The SMILES string of the molecule is C[C@]12CC[C@H]3[C@@H](CC=C4C[C@@H](O)CC[C@@]43C)[C@@H]1CC[C@@H]2c1cc(-c2ccccc2F)c(C#N)c(N)n1. The van der Waals surface area contributed by atoms with Crippen LogP contribution in [0.4, 0.5) is 10.2 Å². The summed E-state index contributed by atoms with van der Waals surface area (Å²) in [5, 5.41) is 20.1. The van der Waals surface area contributed by atoms with E-state index in [0.29, 0.717) is 28.9 Å². The number of hydrogen-bond acceptors (Lipinski definition) is 4. The molecule has 2 aromatic rings. The topological polar surface area (TPSA) is 82.9 Å². The fourth-order valence-electron chi connectivity index (χ4n) is 8.90. The number of pyridine rings is 1. The van der Waals surface area contributed by atoms with E-state index in [-0.39, 0.29) is 40.1 Å². The summed E-state index contributed by atoms with van der Waals surface area (Å²) in [6, 6.07) is 10.7. The zero-order valence-corrected chi connectivity index (χ0v) is 21.3. The van der Waals surface area contributed by atoms with E-state index in [1.165, 1.54) is 24.5 Å². The van der Waals surface area contributed by atoms with Crippen molar-refractivity contribution in [2.24, 2.45) is 28.6 Å². The van der Waals surface area contributed by atoms with Crippen LogP contribution in [-0.4, -0.2) is 16.2 Å². The van der Waals surface area contributed by atoms with Gasteiger partial charge in [-0.2, -0.15) is 5.26 Å². The first-order chi connectivity index (χ1) is 17.3. The lowest BCUT2D eigenvalue weighted by Crippen LogP contribution is -2.50. The Morgan fingerprint density at radius 2 is 1.89 bits per heavy atom. The Labute approximate surface area is 213 Å². The summed E-state index contributed by atoms with van der Waals surface area (Å²) >= 11 is 0. The Morgan fingerprint density at radius 3 is 2.67 bits per heavy atom. The molecule has 3 fully saturated rings. The number of allylic oxidation sites excluding steroid dienone is 1. The number of anilines is 1. The van der Waals surface area contributed by atoms with Gasteiger partial charge < -0.3 is 10.8 Å². The van der Waals surface area contributed by atoms with Crippen molar-refractivity contribution >= 4 is 5.82 Å². The van der Waals surface area contributed by atoms with E-state index in [9.17, 15) is 14.8 Å². The van der Waals surface area contributed by atoms with Gasteiger partial charge in [0.15, 0.2) is 0 Å². The lowest BCUT2D eigenvalue weighted by Gasteiger charge is -2.58. The number of aliphatic hydroxyl groups excluding tert-OH is 1. The molecule has 0 saturated heterocycles. The van der Waals surface area contributed by atoms with Gasteiger partial charge in [0.1, 0.15) is 23.3 Å². The molecule has 4 nitrogen and oxygen atoms in total. The number of halogens is 1. The molecule has 0 amide bonds. The lowest BCUT2D eigenvalue weighted by atomic mass is 9.47. The molecule has 0 unspecified atom stereocenters. The zero-order valence-electron chi connectivity index (χ0n) is 21.3. The first-order valence-corrected chi connectivity index (χ1v) is 13.6. The zero-order chi connectivity index (χ0) is 25.2. The third-order valence-electron chi connectivity index (χ3n) is 10.8. The molecule has 0 radical (unpaired) electrons. The normalized spacial score (nSPS) is 37.3. The molecule has 1 heterocycles. The van der Waals surface area contributed by atoms with Crippen molar-refractivity contribution in [2.75, 3.05) is 5.73 Å². The fraction of sp³-hybridized carbons (Fsp3) is 0.548. The van der Waals surface area contributed by atoms with Crippen molar-refractivity contribution in [3.8, 4) is 17.2 Å². The van der Waals surface area contributed by atoms with Gasteiger partial charge >= 0.3 is 0 Å². The molecule has 0 bridgehead atoms. The van der Waals surface area contributed by atoms with Crippen LogP contribution in [0.15, 0.2) is 42.0 Å². The summed E-state index contributed by atoms with van der Waals surface area (Å²) in [5.74, 6) is 2.03. The molecule has 0 aliphatic heterocycles. The number of aliphatic hydroxyl groups is 1. The second-order valence-electron chi connectivity index (χ2n) is 12.3. The predicted molar refractivity (Wildman–Crippen MR) is 139 cm³/mol. The van der Waals surface area contributed by atoms with Gasteiger partial charge in [-0.15, -0.1) is 0 Å². The second-order valence-corrected chi connectivity index (χ2v) is 12.3. The maximum absolute atomic E-state index is 14.8. The third-order valence-corrected chi connectivity index (χ3v) is 10.8. The fourth-order valence-corrected chi connectivity index (χ4v) is 8.90. The van der Waals surface area contributed by atoms with Gasteiger partial charge in [-0.1, -0.05) is 43.7 Å². The van der Waals surface area contributed by atoms with E-state index >= 15 is 0 Å². The molecule has 188 valence electrons. The summed E-state index contributed by atoms with van der Waals surface area (Å²) < 4.78 is 14.8. The molecule has 6 rings (SSSR count). The third kappa shape index (κ3) is 3.37. The van der Waals surface area contributed by atoms with Gasteiger partial charge in [-0.3, -0.25) is 0 Å². The Hall–Kier alpha value is -2.71. The van der Waals surface area contributed by atoms with Crippen molar-refractivity contribution in [3.63, 3.8) is 0 Å². The quantitative estimate of drug-likeness (QED) is 0.461. The molecular weight excluding hydrogens is 449 g/mol. The van der Waals surface area contributed by atoms with Crippen molar-refractivity contribution < 1.29 is 9.50 Å². The Balaban J connectivity index is 1.37. The number of aromatic nitrogens is 1. The average Bonchev–Trinajstić information content (AvgIpc) is 3.21. The molecule has 4 aliphatic rings. The smallest absolute Gasteiger partial charge is 0.142 e. The van der Waals surface area contributed by atoms with Crippen LogP contribution in [0.3, 0.4) is 0 Å². The molecule has 36 heavy (non-hydrogen) atoms. The average molecular weight is 486 g/mol. The highest BCUT2D eigenvalue weighted by Crippen LogP contribution is 2.68. The van der Waals surface area contributed by atoms with Crippen molar-refractivity contribution in [1.82, 2.24) is 4.98 Å². The second kappa shape index (κ2) is 8.42. The highest BCUT2D eigenvalue weighted by molar-refractivity contribution is 5.76. The van der Waals surface area contributed by atoms with Gasteiger partial charge in [-0.25, -0.2) is 9.37 Å². The number of fused-ring (bicyclic) bond motifs is 5. The summed E-state index contributed by atoms with van der Waals surface area (Å²) in [4.78, 5) is 4.76. The highest BCUT2D eigenvalue weighted by Gasteiger charge is 2.59. The summed E-state index contributed by atoms with van der Waals surface area (Å²) in [7, 11) is 0. The van der Waals surface area contributed by atoms with E-state index in [2.05, 4.69) is 26.0 Å². The van der Waals surface area contributed by atoms with E-state index in [0.717, 1.165) is 44.2 Å². The number of nitriles is 1. The van der Waals surface area contributed by atoms with Crippen LogP contribution in [0.25, 0.3) is 11.1 Å². The van der Waals surface area contributed by atoms with Crippen LogP contribution in [0.1, 0.15) is 82.4 Å².